The molecule has 0 atom stereocenters. The molecule has 1 aromatic carbocycles. The van der Waals surface area contributed by atoms with Crippen molar-refractivity contribution in [3.05, 3.63) is 52.3 Å². The van der Waals surface area contributed by atoms with Crippen molar-refractivity contribution >= 4 is 46.4 Å². The van der Waals surface area contributed by atoms with Gasteiger partial charge >= 0.3 is 0 Å². The number of anilines is 2. The summed E-state index contributed by atoms with van der Waals surface area (Å²) in [4.78, 5) is 32.0. The van der Waals surface area contributed by atoms with Crippen molar-refractivity contribution in [2.24, 2.45) is 0 Å². The largest absolute Gasteiger partial charge is 0.368 e. The quantitative estimate of drug-likeness (QED) is 0.869. The molecule has 2 aromatic rings. The minimum Gasteiger partial charge on any atom is -0.368 e. The van der Waals surface area contributed by atoms with E-state index in [1.165, 1.54) is 0 Å². The number of amides is 2. The van der Waals surface area contributed by atoms with E-state index in [9.17, 15) is 9.59 Å². The van der Waals surface area contributed by atoms with Crippen LogP contribution >= 0.6 is 23.2 Å². The van der Waals surface area contributed by atoms with Crippen molar-refractivity contribution in [2.75, 3.05) is 36.4 Å². The number of nitrogens with one attached hydrogen (secondary N) is 1. The number of nitrogens with zero attached hydrogens (tertiary/aromatic N) is 3. The minimum atomic E-state index is -0.363. The number of benzene rings is 1. The van der Waals surface area contributed by atoms with Crippen LogP contribution in [0.3, 0.4) is 0 Å². The normalized spacial score (nSPS) is 14.3. The summed E-state index contributed by atoms with van der Waals surface area (Å²) in [5, 5.41) is 3.39. The highest BCUT2D eigenvalue weighted by molar-refractivity contribution is 6.44. The van der Waals surface area contributed by atoms with E-state index >= 15 is 0 Å². The van der Waals surface area contributed by atoms with Gasteiger partial charge in [-0.15, -0.1) is 0 Å². The fraction of sp³-hybridized carbons (Fsp3) is 0.278. The minimum absolute atomic E-state index is 0.0813. The Bertz CT molecular complexity index is 836. The zero-order valence-corrected chi connectivity index (χ0v) is 15.7. The summed E-state index contributed by atoms with van der Waals surface area (Å²) in [5.41, 5.74) is 1.62. The molecule has 1 N–H and O–H groups in total. The lowest BCUT2D eigenvalue weighted by Crippen LogP contribution is -2.48. The first-order valence-electron chi connectivity index (χ1n) is 8.17. The van der Waals surface area contributed by atoms with E-state index in [4.69, 9.17) is 23.2 Å². The summed E-state index contributed by atoms with van der Waals surface area (Å²) in [7, 11) is 0. The monoisotopic (exact) mass is 392 g/mol. The van der Waals surface area contributed by atoms with Crippen LogP contribution < -0.4 is 10.2 Å². The molecule has 1 aliphatic heterocycles. The first kappa shape index (κ1) is 18.5. The van der Waals surface area contributed by atoms with E-state index in [0.29, 0.717) is 41.9 Å². The molecule has 0 saturated carbocycles. The van der Waals surface area contributed by atoms with E-state index in [2.05, 4.69) is 15.2 Å². The summed E-state index contributed by atoms with van der Waals surface area (Å²) in [6, 6.07) is 8.63. The van der Waals surface area contributed by atoms with Gasteiger partial charge in [-0.3, -0.25) is 14.6 Å². The SMILES string of the molecule is CC(=O)N1CCN(c2ccnc(C(=O)Nc3cccc(Cl)c3Cl)c2)CC1. The third kappa shape index (κ3) is 4.08. The summed E-state index contributed by atoms with van der Waals surface area (Å²) in [6.07, 6.45) is 1.60. The van der Waals surface area contributed by atoms with E-state index < -0.39 is 0 Å². The van der Waals surface area contributed by atoms with E-state index in [-0.39, 0.29) is 17.5 Å². The highest BCUT2D eigenvalue weighted by Gasteiger charge is 2.20. The fourth-order valence-corrected chi connectivity index (χ4v) is 3.15. The number of hydrogen-bond donors (Lipinski definition) is 1. The molecule has 3 rings (SSSR count). The number of halogens is 2. The number of carbonyl (C=O) groups excluding carboxylic acids is 2. The molecule has 136 valence electrons. The lowest BCUT2D eigenvalue weighted by Gasteiger charge is -2.35. The third-order valence-electron chi connectivity index (χ3n) is 4.27. The predicted octanol–water partition coefficient (Wildman–Crippen LogP) is 3.31. The second kappa shape index (κ2) is 7.93. The molecule has 1 fully saturated rings. The Hall–Kier alpha value is -2.31. The Kier molecular flexibility index (Phi) is 5.64. The second-order valence-corrected chi connectivity index (χ2v) is 6.73. The number of carbonyl (C=O) groups is 2. The maximum atomic E-state index is 12.5. The van der Waals surface area contributed by atoms with E-state index in [1.54, 1.807) is 37.4 Å². The molecule has 26 heavy (non-hydrogen) atoms. The smallest absolute Gasteiger partial charge is 0.274 e. The van der Waals surface area contributed by atoms with Crippen LogP contribution in [0.15, 0.2) is 36.5 Å². The van der Waals surface area contributed by atoms with Crippen LogP contribution in [0.1, 0.15) is 17.4 Å². The van der Waals surface area contributed by atoms with Crippen molar-refractivity contribution in [1.29, 1.82) is 0 Å². The Morgan fingerprint density at radius 1 is 1.12 bits per heavy atom. The van der Waals surface area contributed by atoms with Crippen molar-refractivity contribution in [1.82, 2.24) is 9.88 Å². The van der Waals surface area contributed by atoms with Crippen LogP contribution in [0, 0.1) is 0 Å². The zero-order chi connectivity index (χ0) is 18.7. The van der Waals surface area contributed by atoms with Crippen LogP contribution in [-0.4, -0.2) is 47.9 Å². The molecular formula is C18H18Cl2N4O2. The van der Waals surface area contributed by atoms with Gasteiger partial charge in [0.15, 0.2) is 0 Å². The summed E-state index contributed by atoms with van der Waals surface area (Å²) < 4.78 is 0. The Morgan fingerprint density at radius 3 is 2.54 bits per heavy atom. The van der Waals surface area contributed by atoms with Crippen LogP contribution in [0.5, 0.6) is 0 Å². The molecule has 0 spiro atoms. The highest BCUT2D eigenvalue weighted by Crippen LogP contribution is 2.30. The third-order valence-corrected chi connectivity index (χ3v) is 5.09. The molecular weight excluding hydrogens is 375 g/mol. The summed E-state index contributed by atoms with van der Waals surface area (Å²) >= 11 is 12.1. The molecule has 1 aliphatic rings. The molecule has 2 heterocycles. The van der Waals surface area contributed by atoms with E-state index in [0.717, 1.165) is 5.69 Å². The van der Waals surface area contributed by atoms with Crippen LogP contribution in [0.4, 0.5) is 11.4 Å². The van der Waals surface area contributed by atoms with Crippen molar-refractivity contribution < 1.29 is 9.59 Å². The summed E-state index contributed by atoms with van der Waals surface area (Å²) in [6.45, 7) is 4.33. The average Bonchev–Trinajstić information content (AvgIpc) is 2.65. The van der Waals surface area contributed by atoms with Crippen molar-refractivity contribution in [3.8, 4) is 0 Å². The molecule has 2 amide bonds. The molecule has 1 aromatic heterocycles. The lowest BCUT2D eigenvalue weighted by atomic mass is 10.2. The molecule has 6 nitrogen and oxygen atoms in total. The van der Waals surface area contributed by atoms with Crippen molar-refractivity contribution in [3.63, 3.8) is 0 Å². The molecule has 8 heteroatoms. The number of pyridine rings is 1. The van der Waals surface area contributed by atoms with Crippen molar-refractivity contribution in [2.45, 2.75) is 6.92 Å². The summed E-state index contributed by atoms with van der Waals surface area (Å²) in [5.74, 6) is -0.281. The van der Waals surface area contributed by atoms with Crippen LogP contribution in [0.2, 0.25) is 10.0 Å². The highest BCUT2D eigenvalue weighted by atomic mass is 35.5. The van der Waals surface area contributed by atoms with Gasteiger partial charge in [0.1, 0.15) is 5.69 Å². The van der Waals surface area contributed by atoms with Crippen LogP contribution in [-0.2, 0) is 4.79 Å². The predicted molar refractivity (Wildman–Crippen MR) is 103 cm³/mol. The van der Waals surface area contributed by atoms with Gasteiger partial charge in [-0.2, -0.15) is 0 Å². The van der Waals surface area contributed by atoms with Gasteiger partial charge in [-0.1, -0.05) is 29.3 Å². The van der Waals surface area contributed by atoms with Gasteiger partial charge in [0.05, 0.1) is 15.7 Å². The van der Waals surface area contributed by atoms with Gasteiger partial charge < -0.3 is 15.1 Å². The maximum absolute atomic E-state index is 12.5. The number of piperazine rings is 1. The molecule has 0 bridgehead atoms. The van der Waals surface area contributed by atoms with Crippen LogP contribution in [0.25, 0.3) is 0 Å². The number of hydrogen-bond acceptors (Lipinski definition) is 4. The number of rotatable bonds is 3. The Morgan fingerprint density at radius 2 is 1.85 bits per heavy atom. The molecule has 0 radical (unpaired) electrons. The van der Waals surface area contributed by atoms with Gasteiger partial charge in [-0.25, -0.2) is 0 Å². The molecule has 0 aliphatic carbocycles. The zero-order valence-electron chi connectivity index (χ0n) is 14.2. The molecule has 0 unspecified atom stereocenters. The average molecular weight is 393 g/mol. The Balaban J connectivity index is 1.72. The van der Waals surface area contributed by atoms with Gasteiger partial charge in [0.25, 0.3) is 5.91 Å². The van der Waals surface area contributed by atoms with Gasteiger partial charge in [0, 0.05) is 45.0 Å². The van der Waals surface area contributed by atoms with E-state index in [1.807, 2.05) is 11.0 Å². The van der Waals surface area contributed by atoms with Gasteiger partial charge in [0.2, 0.25) is 5.91 Å². The molecule has 1 saturated heterocycles. The van der Waals surface area contributed by atoms with Gasteiger partial charge in [-0.05, 0) is 24.3 Å². The second-order valence-electron chi connectivity index (χ2n) is 5.95. The number of aromatic nitrogens is 1. The first-order chi connectivity index (χ1) is 12.5. The standard InChI is InChI=1S/C18H18Cl2N4O2/c1-12(25)23-7-9-24(10-8-23)13-5-6-21-16(11-13)18(26)22-15-4-2-3-14(19)17(15)20/h2-6,11H,7-10H2,1H3,(H,22,26). The topological polar surface area (TPSA) is 65.5 Å². The first-order valence-corrected chi connectivity index (χ1v) is 8.93. The maximum Gasteiger partial charge on any atom is 0.274 e. The lowest BCUT2D eigenvalue weighted by molar-refractivity contribution is -0.129. The fourth-order valence-electron chi connectivity index (χ4n) is 2.81. The Labute approximate surface area is 161 Å².